The van der Waals surface area contributed by atoms with Crippen molar-refractivity contribution in [1.29, 1.82) is 0 Å². The van der Waals surface area contributed by atoms with Gasteiger partial charge in [0, 0.05) is 26.3 Å². The third-order valence-electron chi connectivity index (χ3n) is 2.87. The molecule has 1 N–H and O–H groups in total. The van der Waals surface area contributed by atoms with Crippen LogP contribution in [0.15, 0.2) is 18.3 Å². The molecule has 1 saturated heterocycles. The van der Waals surface area contributed by atoms with E-state index in [0.29, 0.717) is 23.9 Å². The number of likely N-dealkylation sites (N-methyl/N-ethyl adjacent to an activating group) is 1. The summed E-state index contributed by atoms with van der Waals surface area (Å²) >= 11 is 5.76. The molecule has 102 valence electrons. The van der Waals surface area contributed by atoms with Crippen LogP contribution in [-0.4, -0.2) is 54.9 Å². The van der Waals surface area contributed by atoms with Crippen molar-refractivity contribution in [3.63, 3.8) is 0 Å². The fraction of sp³-hybridized carbons (Fsp3) is 0.417. The Balaban J connectivity index is 1.94. The maximum absolute atomic E-state index is 12.0. The number of aromatic nitrogens is 1. The van der Waals surface area contributed by atoms with Gasteiger partial charge >= 0.3 is 0 Å². The van der Waals surface area contributed by atoms with E-state index in [1.54, 1.807) is 29.0 Å². The fourth-order valence-electron chi connectivity index (χ4n) is 1.83. The number of carbonyl (C=O) groups is 2. The molecule has 1 aliphatic rings. The average Bonchev–Trinajstić information content (AvgIpc) is 2.39. The Labute approximate surface area is 116 Å². The van der Waals surface area contributed by atoms with Gasteiger partial charge in [-0.2, -0.15) is 0 Å². The summed E-state index contributed by atoms with van der Waals surface area (Å²) in [5.74, 6) is 0.459. The molecular formula is C12H15ClN4O2. The van der Waals surface area contributed by atoms with Gasteiger partial charge in [0.05, 0.1) is 18.1 Å². The van der Waals surface area contributed by atoms with Crippen molar-refractivity contribution in [2.75, 3.05) is 38.1 Å². The Morgan fingerprint density at radius 1 is 1.58 bits per heavy atom. The van der Waals surface area contributed by atoms with Gasteiger partial charge in [0.1, 0.15) is 5.82 Å². The van der Waals surface area contributed by atoms with Gasteiger partial charge < -0.3 is 15.1 Å². The zero-order valence-corrected chi connectivity index (χ0v) is 11.4. The first-order valence-corrected chi connectivity index (χ1v) is 6.31. The normalized spacial score (nSPS) is 15.1. The summed E-state index contributed by atoms with van der Waals surface area (Å²) in [5, 5.41) is 3.24. The molecule has 0 aliphatic carbocycles. The van der Waals surface area contributed by atoms with Crippen LogP contribution >= 0.6 is 11.6 Å². The summed E-state index contributed by atoms with van der Waals surface area (Å²) in [4.78, 5) is 30.7. The second-order valence-electron chi connectivity index (χ2n) is 4.36. The summed E-state index contributed by atoms with van der Waals surface area (Å²) in [6.45, 7) is 1.36. The third-order valence-corrected chi connectivity index (χ3v) is 3.09. The first kappa shape index (κ1) is 13.6. The van der Waals surface area contributed by atoms with E-state index in [0.717, 1.165) is 0 Å². The van der Waals surface area contributed by atoms with Crippen LogP contribution in [0.25, 0.3) is 0 Å². The van der Waals surface area contributed by atoms with Crippen LogP contribution in [0.1, 0.15) is 0 Å². The third kappa shape index (κ3) is 3.57. The Kier molecular flexibility index (Phi) is 4.21. The van der Waals surface area contributed by atoms with E-state index in [1.807, 2.05) is 0 Å². The predicted octanol–water partition coefficient (Wildman–Crippen LogP) is 0.130. The van der Waals surface area contributed by atoms with Crippen LogP contribution in [0.4, 0.5) is 5.82 Å². The standard InChI is InChI=1S/C12H15ClN4O2/c1-16(10-3-2-9(13)6-15-10)8-12(19)17-5-4-14-11(18)7-17/h2-3,6H,4-5,7-8H2,1H3,(H,14,18). The molecule has 0 atom stereocenters. The van der Waals surface area contributed by atoms with Gasteiger partial charge in [-0.05, 0) is 12.1 Å². The minimum absolute atomic E-state index is 0.0888. The second-order valence-corrected chi connectivity index (χ2v) is 4.79. The molecule has 0 saturated carbocycles. The molecular weight excluding hydrogens is 268 g/mol. The summed E-state index contributed by atoms with van der Waals surface area (Å²) in [7, 11) is 1.78. The van der Waals surface area contributed by atoms with Crippen LogP contribution in [0.2, 0.25) is 5.02 Å². The number of hydrogen-bond donors (Lipinski definition) is 1. The van der Waals surface area contributed by atoms with E-state index >= 15 is 0 Å². The Hall–Kier alpha value is -1.82. The van der Waals surface area contributed by atoms with Crippen LogP contribution < -0.4 is 10.2 Å². The zero-order chi connectivity index (χ0) is 13.8. The molecule has 6 nitrogen and oxygen atoms in total. The molecule has 2 heterocycles. The van der Waals surface area contributed by atoms with E-state index in [2.05, 4.69) is 10.3 Å². The number of pyridine rings is 1. The molecule has 0 radical (unpaired) electrons. The molecule has 1 aromatic heterocycles. The van der Waals surface area contributed by atoms with Gasteiger partial charge in [-0.25, -0.2) is 4.98 Å². The lowest BCUT2D eigenvalue weighted by molar-refractivity contribution is -0.137. The molecule has 0 bridgehead atoms. The smallest absolute Gasteiger partial charge is 0.242 e. The van der Waals surface area contributed by atoms with E-state index in [1.165, 1.54) is 6.20 Å². The Morgan fingerprint density at radius 2 is 2.37 bits per heavy atom. The summed E-state index contributed by atoms with van der Waals surface area (Å²) in [5.41, 5.74) is 0. The number of nitrogens with one attached hydrogen (secondary N) is 1. The van der Waals surface area contributed by atoms with Gasteiger partial charge in [0.15, 0.2) is 0 Å². The SMILES string of the molecule is CN(CC(=O)N1CCNC(=O)C1)c1ccc(Cl)cn1. The largest absolute Gasteiger partial charge is 0.353 e. The average molecular weight is 283 g/mol. The van der Waals surface area contributed by atoms with Crippen molar-refractivity contribution < 1.29 is 9.59 Å². The molecule has 2 rings (SSSR count). The number of anilines is 1. The number of nitrogens with zero attached hydrogens (tertiary/aromatic N) is 3. The monoisotopic (exact) mass is 282 g/mol. The van der Waals surface area contributed by atoms with Gasteiger partial charge in [-0.15, -0.1) is 0 Å². The van der Waals surface area contributed by atoms with Gasteiger partial charge in [0.25, 0.3) is 0 Å². The summed E-state index contributed by atoms with van der Waals surface area (Å²) in [6.07, 6.45) is 1.53. The van der Waals surface area contributed by atoms with Crippen molar-refractivity contribution in [3.8, 4) is 0 Å². The Morgan fingerprint density at radius 3 is 3.00 bits per heavy atom. The zero-order valence-electron chi connectivity index (χ0n) is 10.6. The fourth-order valence-corrected chi connectivity index (χ4v) is 1.94. The molecule has 1 aromatic rings. The summed E-state index contributed by atoms with van der Waals surface area (Å²) < 4.78 is 0. The molecule has 1 fully saturated rings. The molecule has 7 heteroatoms. The molecule has 0 aromatic carbocycles. The quantitative estimate of drug-likeness (QED) is 0.856. The number of halogens is 1. The van der Waals surface area contributed by atoms with E-state index in [4.69, 9.17) is 11.6 Å². The van der Waals surface area contributed by atoms with Crippen LogP contribution in [0.3, 0.4) is 0 Å². The lowest BCUT2D eigenvalue weighted by Crippen LogP contribution is -2.52. The molecule has 1 aliphatic heterocycles. The van der Waals surface area contributed by atoms with Crippen LogP contribution in [0, 0.1) is 0 Å². The van der Waals surface area contributed by atoms with Crippen molar-refractivity contribution in [1.82, 2.24) is 15.2 Å². The highest BCUT2D eigenvalue weighted by Crippen LogP contribution is 2.13. The van der Waals surface area contributed by atoms with Gasteiger partial charge in [0.2, 0.25) is 11.8 Å². The lowest BCUT2D eigenvalue weighted by Gasteiger charge is -2.28. The van der Waals surface area contributed by atoms with Crippen molar-refractivity contribution in [3.05, 3.63) is 23.4 Å². The second kappa shape index (κ2) is 5.88. The highest BCUT2D eigenvalue weighted by atomic mass is 35.5. The highest BCUT2D eigenvalue weighted by molar-refractivity contribution is 6.30. The predicted molar refractivity (Wildman–Crippen MR) is 72.1 cm³/mol. The highest BCUT2D eigenvalue weighted by Gasteiger charge is 2.22. The first-order chi connectivity index (χ1) is 9.06. The van der Waals surface area contributed by atoms with Gasteiger partial charge in [-0.1, -0.05) is 11.6 Å². The number of carbonyl (C=O) groups excluding carboxylic acids is 2. The summed E-state index contributed by atoms with van der Waals surface area (Å²) in [6, 6.07) is 3.47. The number of amides is 2. The number of rotatable bonds is 3. The maximum atomic E-state index is 12.0. The molecule has 0 unspecified atom stereocenters. The van der Waals surface area contributed by atoms with E-state index in [9.17, 15) is 9.59 Å². The maximum Gasteiger partial charge on any atom is 0.242 e. The van der Waals surface area contributed by atoms with Crippen molar-refractivity contribution >= 4 is 29.2 Å². The van der Waals surface area contributed by atoms with Gasteiger partial charge in [-0.3, -0.25) is 9.59 Å². The Bertz CT molecular complexity index is 477. The topological polar surface area (TPSA) is 65.5 Å². The number of piperazine rings is 1. The molecule has 0 spiro atoms. The molecule has 19 heavy (non-hydrogen) atoms. The lowest BCUT2D eigenvalue weighted by atomic mass is 10.3. The molecule has 2 amide bonds. The van der Waals surface area contributed by atoms with Crippen molar-refractivity contribution in [2.24, 2.45) is 0 Å². The van der Waals surface area contributed by atoms with Crippen LogP contribution in [0.5, 0.6) is 0 Å². The van der Waals surface area contributed by atoms with E-state index < -0.39 is 0 Å². The van der Waals surface area contributed by atoms with E-state index in [-0.39, 0.29) is 24.9 Å². The minimum Gasteiger partial charge on any atom is -0.353 e. The number of hydrogen-bond acceptors (Lipinski definition) is 4. The van der Waals surface area contributed by atoms with Crippen molar-refractivity contribution in [2.45, 2.75) is 0 Å². The minimum atomic E-state index is -0.119. The first-order valence-electron chi connectivity index (χ1n) is 5.93. The van der Waals surface area contributed by atoms with Crippen LogP contribution in [-0.2, 0) is 9.59 Å².